The Balaban J connectivity index is 0.00000195. The SMILES string of the molecule is C=CC/C(=C\C=C(/C)OC(C)CC)CC1=CN(C(C)C)N=C(OC2CC(O)CC(CO)O2)C1.CC.CCCCO. The number of unbranched alkanes of at least 4 members (excludes halogenated alkanes) is 1. The summed E-state index contributed by atoms with van der Waals surface area (Å²) in [4.78, 5) is 0. The van der Waals surface area contributed by atoms with Gasteiger partial charge in [0.1, 0.15) is 0 Å². The maximum atomic E-state index is 10.1. The molecule has 0 aliphatic carbocycles. The normalized spacial score (nSPS) is 22.2. The Kier molecular flexibility index (Phi) is 21.3. The van der Waals surface area contributed by atoms with Crippen molar-refractivity contribution in [2.75, 3.05) is 13.2 Å². The Labute approximate surface area is 244 Å². The first-order valence-electron chi connectivity index (χ1n) is 15.1. The number of allylic oxidation sites excluding steroid dienone is 5. The lowest BCUT2D eigenvalue weighted by Crippen LogP contribution is -2.40. The molecular formula is C32H58N2O6. The molecule has 1 fully saturated rings. The van der Waals surface area contributed by atoms with Crippen LogP contribution in [-0.2, 0) is 14.2 Å². The van der Waals surface area contributed by atoms with E-state index in [1.807, 2.05) is 37.9 Å². The Morgan fingerprint density at radius 1 is 1.20 bits per heavy atom. The third kappa shape index (κ3) is 16.2. The van der Waals surface area contributed by atoms with E-state index in [2.05, 4.69) is 58.6 Å². The monoisotopic (exact) mass is 566 g/mol. The van der Waals surface area contributed by atoms with Gasteiger partial charge < -0.3 is 29.5 Å². The molecule has 0 radical (unpaired) electrons. The second kappa shape index (κ2) is 22.5. The predicted octanol–water partition coefficient (Wildman–Crippen LogP) is 6.59. The molecule has 8 nitrogen and oxygen atoms in total. The maximum Gasteiger partial charge on any atom is 0.213 e. The van der Waals surface area contributed by atoms with Crippen LogP contribution in [-0.4, -0.2) is 70.1 Å². The van der Waals surface area contributed by atoms with E-state index in [1.54, 1.807) is 0 Å². The smallest absolute Gasteiger partial charge is 0.213 e. The summed E-state index contributed by atoms with van der Waals surface area (Å²) in [6.07, 6.45) is 12.6. The zero-order valence-electron chi connectivity index (χ0n) is 26.4. The number of hydrogen-bond acceptors (Lipinski definition) is 8. The molecule has 8 heteroatoms. The first-order chi connectivity index (χ1) is 19.1. The molecule has 2 rings (SSSR count). The van der Waals surface area contributed by atoms with Gasteiger partial charge in [0.05, 0.1) is 30.7 Å². The molecule has 2 aliphatic heterocycles. The van der Waals surface area contributed by atoms with E-state index >= 15 is 0 Å². The highest BCUT2D eigenvalue weighted by Crippen LogP contribution is 2.27. The van der Waals surface area contributed by atoms with Crippen LogP contribution in [0.5, 0.6) is 0 Å². The van der Waals surface area contributed by atoms with Crippen molar-refractivity contribution in [1.82, 2.24) is 5.01 Å². The minimum absolute atomic E-state index is 0.143. The summed E-state index contributed by atoms with van der Waals surface area (Å²) in [5, 5.41) is 34.1. The third-order valence-corrected chi connectivity index (χ3v) is 6.15. The fourth-order valence-electron chi connectivity index (χ4n) is 3.86. The van der Waals surface area contributed by atoms with Gasteiger partial charge in [-0.3, -0.25) is 5.01 Å². The van der Waals surface area contributed by atoms with Crippen molar-refractivity contribution in [1.29, 1.82) is 0 Å². The van der Waals surface area contributed by atoms with Crippen molar-refractivity contribution in [2.45, 2.75) is 137 Å². The molecule has 0 amide bonds. The standard InChI is InChI=1S/C26H42N2O5.C4H10O.C2H6/c1-7-9-21(11-10-20(6)31-19(5)8-2)12-22-13-25(27-28(16-22)18(3)4)33-26-15-23(30)14-24(17-29)32-26;1-2-3-4-5;1-2/h7,10-11,16,18-19,23-24,26,29-30H,1,8-9,12-15,17H2,2-6H3;5H,2-4H2,1H3;1-2H3/b20-10+,21-11+;;. The van der Waals surface area contributed by atoms with E-state index < -0.39 is 18.5 Å². The number of ether oxygens (including phenoxy) is 3. The number of aliphatic hydroxyl groups is 3. The van der Waals surface area contributed by atoms with Gasteiger partial charge in [-0.25, -0.2) is 0 Å². The quantitative estimate of drug-likeness (QED) is 0.131. The second-order valence-corrected chi connectivity index (χ2v) is 10.2. The molecule has 0 bridgehead atoms. The van der Waals surface area contributed by atoms with E-state index in [1.165, 1.54) is 11.1 Å². The fourth-order valence-corrected chi connectivity index (χ4v) is 3.86. The Bertz CT molecular complexity index is 803. The van der Waals surface area contributed by atoms with E-state index in [0.29, 0.717) is 31.8 Å². The molecule has 232 valence electrons. The maximum absolute atomic E-state index is 10.1. The minimum atomic E-state index is -0.621. The molecule has 2 heterocycles. The van der Waals surface area contributed by atoms with Crippen molar-refractivity contribution in [3.63, 3.8) is 0 Å². The number of nitrogens with zero attached hydrogens (tertiary/aromatic N) is 2. The van der Waals surface area contributed by atoms with Gasteiger partial charge >= 0.3 is 0 Å². The van der Waals surface area contributed by atoms with E-state index in [4.69, 9.17) is 19.3 Å². The average molecular weight is 567 g/mol. The molecular weight excluding hydrogens is 508 g/mol. The van der Waals surface area contributed by atoms with Gasteiger partial charge in [0, 0.05) is 38.1 Å². The van der Waals surface area contributed by atoms with Crippen LogP contribution in [0.2, 0.25) is 0 Å². The van der Waals surface area contributed by atoms with E-state index in [0.717, 1.165) is 37.9 Å². The first kappa shape index (κ1) is 37.9. The van der Waals surface area contributed by atoms with Crippen molar-refractivity contribution in [2.24, 2.45) is 5.10 Å². The first-order valence-corrected chi connectivity index (χ1v) is 15.1. The molecule has 0 spiro atoms. The van der Waals surface area contributed by atoms with Crippen LogP contribution in [0.4, 0.5) is 0 Å². The average Bonchev–Trinajstić information content (AvgIpc) is 2.93. The number of hydrazone groups is 1. The molecule has 0 aromatic heterocycles. The summed E-state index contributed by atoms with van der Waals surface area (Å²) in [6, 6.07) is 0.167. The molecule has 0 aromatic rings. The highest BCUT2D eigenvalue weighted by atomic mass is 16.7. The van der Waals surface area contributed by atoms with Gasteiger partial charge in [0.2, 0.25) is 12.2 Å². The van der Waals surface area contributed by atoms with Gasteiger partial charge in [-0.1, -0.05) is 51.8 Å². The Morgan fingerprint density at radius 2 is 1.90 bits per heavy atom. The topological polar surface area (TPSA) is 104 Å². The van der Waals surface area contributed by atoms with Crippen molar-refractivity contribution >= 4 is 5.90 Å². The highest BCUT2D eigenvalue weighted by Gasteiger charge is 2.31. The van der Waals surface area contributed by atoms with Crippen molar-refractivity contribution in [3.8, 4) is 0 Å². The van der Waals surface area contributed by atoms with Crippen molar-refractivity contribution < 1.29 is 29.5 Å². The minimum Gasteiger partial charge on any atom is -0.495 e. The zero-order chi connectivity index (χ0) is 30.5. The number of hydrogen-bond donors (Lipinski definition) is 3. The molecule has 1 saturated heterocycles. The largest absolute Gasteiger partial charge is 0.495 e. The summed E-state index contributed by atoms with van der Waals surface area (Å²) in [6.45, 7) is 20.5. The number of aliphatic hydroxyl groups excluding tert-OH is 3. The lowest BCUT2D eigenvalue weighted by Gasteiger charge is -2.34. The van der Waals surface area contributed by atoms with Crippen LogP contribution >= 0.6 is 0 Å². The summed E-state index contributed by atoms with van der Waals surface area (Å²) in [7, 11) is 0. The van der Waals surface area contributed by atoms with Crippen LogP contribution in [0, 0.1) is 0 Å². The number of rotatable bonds is 13. The molecule has 0 aromatic carbocycles. The van der Waals surface area contributed by atoms with Gasteiger partial charge in [0.25, 0.3) is 0 Å². The van der Waals surface area contributed by atoms with Gasteiger partial charge in [0.15, 0.2) is 0 Å². The van der Waals surface area contributed by atoms with E-state index in [9.17, 15) is 10.2 Å². The molecule has 2 aliphatic rings. The lowest BCUT2D eigenvalue weighted by molar-refractivity contribution is -0.191. The van der Waals surface area contributed by atoms with Gasteiger partial charge in [-0.05, 0) is 65.0 Å². The second-order valence-electron chi connectivity index (χ2n) is 10.2. The highest BCUT2D eigenvalue weighted by molar-refractivity contribution is 5.79. The van der Waals surface area contributed by atoms with Crippen molar-refractivity contribution in [3.05, 3.63) is 47.9 Å². The summed E-state index contributed by atoms with van der Waals surface area (Å²) in [5.41, 5.74) is 2.39. The van der Waals surface area contributed by atoms with E-state index in [-0.39, 0.29) is 18.8 Å². The van der Waals surface area contributed by atoms with Crippen LogP contribution in [0.3, 0.4) is 0 Å². The molecule has 4 atom stereocenters. The van der Waals surface area contributed by atoms with Crippen LogP contribution < -0.4 is 0 Å². The summed E-state index contributed by atoms with van der Waals surface area (Å²) in [5.74, 6) is 1.45. The fraction of sp³-hybridized carbons (Fsp3) is 0.719. The molecule has 40 heavy (non-hydrogen) atoms. The predicted molar refractivity (Wildman–Crippen MR) is 165 cm³/mol. The van der Waals surface area contributed by atoms with Gasteiger partial charge in [-0.2, -0.15) is 0 Å². The summed E-state index contributed by atoms with van der Waals surface area (Å²) >= 11 is 0. The van der Waals surface area contributed by atoms with Crippen LogP contribution in [0.15, 0.2) is 53.0 Å². The van der Waals surface area contributed by atoms with Crippen LogP contribution in [0.1, 0.15) is 107 Å². The molecule has 3 N–H and O–H groups in total. The third-order valence-electron chi connectivity index (χ3n) is 6.15. The van der Waals surface area contributed by atoms with Gasteiger partial charge in [-0.15, -0.1) is 11.7 Å². The van der Waals surface area contributed by atoms with Crippen LogP contribution in [0.25, 0.3) is 0 Å². The Morgan fingerprint density at radius 3 is 2.42 bits per heavy atom. The lowest BCUT2D eigenvalue weighted by atomic mass is 9.99. The zero-order valence-corrected chi connectivity index (χ0v) is 26.4. The molecule has 4 unspecified atom stereocenters. The molecule has 0 saturated carbocycles. The Hall–Kier alpha value is -2.13. The summed E-state index contributed by atoms with van der Waals surface area (Å²) < 4.78 is 17.7.